The second-order valence-electron chi connectivity index (χ2n) is 4.26. The summed E-state index contributed by atoms with van der Waals surface area (Å²) in [5.74, 6) is 2.48. The van der Waals surface area contributed by atoms with Crippen LogP contribution in [0.3, 0.4) is 0 Å². The zero-order valence-corrected chi connectivity index (χ0v) is 10.1. The van der Waals surface area contributed by atoms with Gasteiger partial charge in [-0.3, -0.25) is 0 Å². The molecule has 5 heteroatoms. The van der Waals surface area contributed by atoms with E-state index in [9.17, 15) is 4.79 Å². The number of terminal acetylenes is 1. The van der Waals surface area contributed by atoms with Gasteiger partial charge in [0.25, 0.3) is 0 Å². The molecule has 0 saturated heterocycles. The minimum Gasteiger partial charge on any atom is -0.479 e. The molecule has 0 aromatic carbocycles. The molecule has 90 valence electrons. The smallest absolute Gasteiger partial charge is 0.344 e. The summed E-state index contributed by atoms with van der Waals surface area (Å²) in [5.41, 5.74) is -0.524. The van der Waals surface area contributed by atoms with Crippen LogP contribution in [0.25, 0.3) is 0 Å². The van der Waals surface area contributed by atoms with Crippen LogP contribution < -0.4 is 4.74 Å². The average molecular weight is 234 g/mol. The molecule has 17 heavy (non-hydrogen) atoms. The number of ether oxygens (including phenoxy) is 2. The summed E-state index contributed by atoms with van der Waals surface area (Å²) in [6.45, 7) is 5.18. The van der Waals surface area contributed by atoms with Crippen LogP contribution in [0.15, 0.2) is 12.4 Å². The molecule has 0 bridgehead atoms. The van der Waals surface area contributed by atoms with E-state index in [4.69, 9.17) is 15.9 Å². The van der Waals surface area contributed by atoms with Gasteiger partial charge in [0.1, 0.15) is 5.60 Å². The van der Waals surface area contributed by atoms with Gasteiger partial charge in [-0.15, -0.1) is 6.42 Å². The number of rotatable bonds is 3. The zero-order valence-electron chi connectivity index (χ0n) is 10.1. The van der Waals surface area contributed by atoms with Crippen LogP contribution in [0.1, 0.15) is 26.6 Å². The average Bonchev–Trinajstić information content (AvgIpc) is 2.25. The molecule has 0 N–H and O–H groups in total. The Morgan fingerprint density at radius 2 is 2.00 bits per heavy atom. The Bertz CT molecular complexity index is 427. The van der Waals surface area contributed by atoms with Crippen LogP contribution in [0, 0.1) is 12.3 Å². The Morgan fingerprint density at radius 3 is 2.47 bits per heavy atom. The minimum absolute atomic E-state index is 0.184. The Morgan fingerprint density at radius 1 is 1.41 bits per heavy atom. The molecule has 0 atom stereocenters. The number of hydrogen-bond donors (Lipinski definition) is 0. The summed E-state index contributed by atoms with van der Waals surface area (Å²) in [6.07, 6.45) is 7.92. The lowest BCUT2D eigenvalue weighted by molar-refractivity contribution is -0.157. The molecule has 0 spiro atoms. The van der Waals surface area contributed by atoms with Gasteiger partial charge in [0.2, 0.25) is 5.82 Å². The van der Waals surface area contributed by atoms with E-state index in [1.54, 1.807) is 20.8 Å². The molecule has 1 rings (SSSR count). The molecule has 0 radical (unpaired) electrons. The number of nitrogens with zero attached hydrogens (tertiary/aromatic N) is 2. The van der Waals surface area contributed by atoms with Crippen LogP contribution in [-0.2, 0) is 9.53 Å². The Balaban J connectivity index is 2.45. The highest BCUT2D eigenvalue weighted by molar-refractivity contribution is 5.71. The molecule has 0 amide bonds. The van der Waals surface area contributed by atoms with Crippen molar-refractivity contribution in [2.24, 2.45) is 0 Å². The fraction of sp³-hybridized carbons (Fsp3) is 0.417. The zero-order chi connectivity index (χ0) is 12.9. The summed E-state index contributed by atoms with van der Waals surface area (Å²) >= 11 is 0. The van der Waals surface area contributed by atoms with Gasteiger partial charge in [0.05, 0.1) is 12.4 Å². The van der Waals surface area contributed by atoms with E-state index in [1.807, 2.05) is 0 Å². The van der Waals surface area contributed by atoms with Gasteiger partial charge >= 0.3 is 5.97 Å². The van der Waals surface area contributed by atoms with Crippen molar-refractivity contribution in [3.8, 4) is 18.1 Å². The van der Waals surface area contributed by atoms with Gasteiger partial charge in [-0.05, 0) is 26.7 Å². The van der Waals surface area contributed by atoms with Gasteiger partial charge in [0.15, 0.2) is 12.4 Å². The predicted octanol–water partition coefficient (Wildman–Crippen LogP) is 1.18. The second-order valence-corrected chi connectivity index (χ2v) is 4.26. The first-order valence-electron chi connectivity index (χ1n) is 5.04. The molecule has 0 unspecified atom stereocenters. The maximum absolute atomic E-state index is 11.3. The first-order valence-corrected chi connectivity index (χ1v) is 5.04. The highest BCUT2D eigenvalue weighted by Gasteiger charge is 2.16. The summed E-state index contributed by atoms with van der Waals surface area (Å²) in [6, 6.07) is 0. The van der Waals surface area contributed by atoms with E-state index in [1.165, 1.54) is 12.4 Å². The molecule has 1 heterocycles. The van der Waals surface area contributed by atoms with Crippen molar-refractivity contribution in [3.05, 3.63) is 18.2 Å². The fourth-order valence-corrected chi connectivity index (χ4v) is 0.978. The molecule has 0 aliphatic carbocycles. The third kappa shape index (κ3) is 4.98. The quantitative estimate of drug-likeness (QED) is 0.580. The van der Waals surface area contributed by atoms with Crippen molar-refractivity contribution in [3.63, 3.8) is 0 Å². The maximum Gasteiger partial charge on any atom is 0.344 e. The minimum atomic E-state index is -0.524. The summed E-state index contributed by atoms with van der Waals surface area (Å²) in [4.78, 5) is 19.0. The third-order valence-corrected chi connectivity index (χ3v) is 1.53. The normalized spacial score (nSPS) is 10.5. The fourth-order valence-electron chi connectivity index (χ4n) is 0.978. The van der Waals surface area contributed by atoms with Crippen LogP contribution in [-0.4, -0.2) is 28.1 Å². The predicted molar refractivity (Wildman–Crippen MR) is 61.3 cm³/mol. The first-order chi connectivity index (χ1) is 7.90. The molecule has 0 fully saturated rings. The molecular weight excluding hydrogens is 220 g/mol. The van der Waals surface area contributed by atoms with Gasteiger partial charge < -0.3 is 9.47 Å². The molecule has 1 aromatic rings. The monoisotopic (exact) mass is 234 g/mol. The molecule has 5 nitrogen and oxygen atoms in total. The van der Waals surface area contributed by atoms with Crippen LogP contribution >= 0.6 is 0 Å². The number of esters is 1. The van der Waals surface area contributed by atoms with Crippen molar-refractivity contribution < 1.29 is 14.3 Å². The van der Waals surface area contributed by atoms with E-state index in [2.05, 4.69) is 15.9 Å². The summed E-state index contributed by atoms with van der Waals surface area (Å²) < 4.78 is 10.2. The topological polar surface area (TPSA) is 61.3 Å². The maximum atomic E-state index is 11.3. The Hall–Kier alpha value is -2.09. The number of carbonyl (C=O) groups is 1. The van der Waals surface area contributed by atoms with Gasteiger partial charge in [0, 0.05) is 0 Å². The van der Waals surface area contributed by atoms with Crippen molar-refractivity contribution in [1.82, 2.24) is 9.97 Å². The largest absolute Gasteiger partial charge is 0.479 e. The second kappa shape index (κ2) is 5.30. The standard InChI is InChI=1S/C12H14N2O3/c1-5-10-13-6-9(7-14-10)16-8-11(15)17-12(2,3)4/h1,6-7H,8H2,2-4H3. The molecule has 0 saturated carbocycles. The van der Waals surface area contributed by atoms with Gasteiger partial charge in [-0.25, -0.2) is 14.8 Å². The van der Waals surface area contributed by atoms with Crippen LogP contribution in [0.4, 0.5) is 0 Å². The van der Waals surface area contributed by atoms with Crippen molar-refractivity contribution in [2.45, 2.75) is 26.4 Å². The Kier molecular flexibility index (Phi) is 4.05. The highest BCUT2D eigenvalue weighted by atomic mass is 16.6. The van der Waals surface area contributed by atoms with Crippen molar-refractivity contribution in [1.29, 1.82) is 0 Å². The summed E-state index contributed by atoms with van der Waals surface area (Å²) in [7, 11) is 0. The Labute approximate surface area is 100 Å². The lowest BCUT2D eigenvalue weighted by Crippen LogP contribution is -2.27. The van der Waals surface area contributed by atoms with Crippen molar-refractivity contribution in [2.75, 3.05) is 6.61 Å². The lowest BCUT2D eigenvalue weighted by atomic mass is 10.2. The van der Waals surface area contributed by atoms with E-state index in [0.29, 0.717) is 5.75 Å². The SMILES string of the molecule is C#Cc1ncc(OCC(=O)OC(C)(C)C)cn1. The van der Waals surface area contributed by atoms with Crippen molar-refractivity contribution >= 4 is 5.97 Å². The first kappa shape index (κ1) is 13.0. The number of carbonyl (C=O) groups excluding carboxylic acids is 1. The van der Waals surface area contributed by atoms with Crippen LogP contribution in [0.2, 0.25) is 0 Å². The lowest BCUT2D eigenvalue weighted by Gasteiger charge is -2.19. The van der Waals surface area contributed by atoms with Crippen LogP contribution in [0.5, 0.6) is 5.75 Å². The third-order valence-electron chi connectivity index (χ3n) is 1.53. The van der Waals surface area contributed by atoms with Gasteiger partial charge in [-0.2, -0.15) is 0 Å². The molecule has 0 aliphatic rings. The highest BCUT2D eigenvalue weighted by Crippen LogP contribution is 2.09. The molecule has 1 aromatic heterocycles. The van der Waals surface area contributed by atoms with Gasteiger partial charge in [-0.1, -0.05) is 0 Å². The van der Waals surface area contributed by atoms with E-state index in [0.717, 1.165) is 0 Å². The molecule has 0 aliphatic heterocycles. The van der Waals surface area contributed by atoms with E-state index in [-0.39, 0.29) is 12.4 Å². The molecular formula is C12H14N2O3. The number of aromatic nitrogens is 2. The number of hydrogen-bond acceptors (Lipinski definition) is 5. The van der Waals surface area contributed by atoms with E-state index >= 15 is 0 Å². The summed E-state index contributed by atoms with van der Waals surface area (Å²) in [5, 5.41) is 0. The van der Waals surface area contributed by atoms with E-state index < -0.39 is 11.6 Å².